The third kappa shape index (κ3) is 5.26. The maximum atomic E-state index is 13.1. The van der Waals surface area contributed by atoms with Crippen LogP contribution in [0.25, 0.3) is 6.08 Å². The number of furan rings is 1. The van der Waals surface area contributed by atoms with Crippen molar-refractivity contribution < 1.29 is 23.5 Å². The summed E-state index contributed by atoms with van der Waals surface area (Å²) in [5.74, 6) is 1.86. The smallest absolute Gasteiger partial charge is 0.251 e. The number of nitrogens with one attached hydrogen (secondary N) is 1. The van der Waals surface area contributed by atoms with Crippen molar-refractivity contribution in [2.24, 2.45) is 0 Å². The third-order valence-electron chi connectivity index (χ3n) is 5.56. The standard InChI is InChI=1S/C26H24N2O5/c29-25(12-6-18-5-11-23-24(14-18)33-17-32-23)28(16-22-2-1-13-31-22)15-19-3-7-20(8-4-19)26(30)27-21-9-10-21/h1-8,11-14,21H,9-10,15-17H2,(H,27,30)/b12-6+. The van der Waals surface area contributed by atoms with Crippen LogP contribution in [-0.2, 0) is 17.9 Å². The summed E-state index contributed by atoms with van der Waals surface area (Å²) in [6.45, 7) is 0.927. The molecule has 2 aliphatic rings. The first kappa shape index (κ1) is 20.9. The van der Waals surface area contributed by atoms with Gasteiger partial charge in [0.2, 0.25) is 12.7 Å². The zero-order valence-corrected chi connectivity index (χ0v) is 18.0. The molecule has 1 fully saturated rings. The number of fused-ring (bicyclic) bond motifs is 1. The van der Waals surface area contributed by atoms with Gasteiger partial charge in [-0.2, -0.15) is 0 Å². The molecule has 0 radical (unpaired) electrons. The van der Waals surface area contributed by atoms with E-state index in [1.54, 1.807) is 35.4 Å². The summed E-state index contributed by atoms with van der Waals surface area (Å²) in [6.07, 6.45) is 6.98. The van der Waals surface area contributed by atoms with E-state index < -0.39 is 0 Å². The number of hydrogen-bond donors (Lipinski definition) is 1. The minimum absolute atomic E-state index is 0.0563. The monoisotopic (exact) mass is 444 g/mol. The summed E-state index contributed by atoms with van der Waals surface area (Å²) in [5, 5.41) is 2.98. The van der Waals surface area contributed by atoms with Crippen LogP contribution >= 0.6 is 0 Å². The molecule has 3 aromatic rings. The van der Waals surface area contributed by atoms with E-state index in [2.05, 4.69) is 5.32 Å². The van der Waals surface area contributed by atoms with Crippen molar-refractivity contribution >= 4 is 17.9 Å². The fourth-order valence-electron chi connectivity index (χ4n) is 3.57. The van der Waals surface area contributed by atoms with Gasteiger partial charge in [0.1, 0.15) is 5.76 Å². The van der Waals surface area contributed by atoms with E-state index in [1.165, 1.54) is 6.08 Å². The van der Waals surface area contributed by atoms with Crippen LogP contribution in [-0.4, -0.2) is 29.5 Å². The van der Waals surface area contributed by atoms with Crippen LogP contribution in [0.2, 0.25) is 0 Å². The molecule has 1 aliphatic heterocycles. The lowest BCUT2D eigenvalue weighted by molar-refractivity contribution is -0.127. The van der Waals surface area contributed by atoms with Gasteiger partial charge in [-0.1, -0.05) is 18.2 Å². The second-order valence-corrected chi connectivity index (χ2v) is 8.16. The van der Waals surface area contributed by atoms with Gasteiger partial charge in [0, 0.05) is 24.2 Å². The Labute approximate surface area is 191 Å². The highest BCUT2D eigenvalue weighted by molar-refractivity contribution is 5.94. The lowest BCUT2D eigenvalue weighted by Gasteiger charge is -2.20. The Morgan fingerprint density at radius 1 is 1.00 bits per heavy atom. The Hall–Kier alpha value is -4.00. The minimum Gasteiger partial charge on any atom is -0.467 e. The lowest BCUT2D eigenvalue weighted by atomic mass is 10.1. The van der Waals surface area contributed by atoms with Crippen molar-refractivity contribution in [2.45, 2.75) is 32.0 Å². The molecule has 1 aliphatic carbocycles. The van der Waals surface area contributed by atoms with Gasteiger partial charge in [-0.3, -0.25) is 9.59 Å². The fraction of sp³-hybridized carbons (Fsp3) is 0.231. The molecule has 33 heavy (non-hydrogen) atoms. The van der Waals surface area contributed by atoms with Crippen LogP contribution in [0.5, 0.6) is 11.5 Å². The molecule has 2 aromatic carbocycles. The summed E-state index contributed by atoms with van der Waals surface area (Å²) in [7, 11) is 0. The highest BCUT2D eigenvalue weighted by atomic mass is 16.7. The number of carbonyl (C=O) groups is 2. The number of amides is 2. The van der Waals surface area contributed by atoms with Crippen LogP contribution < -0.4 is 14.8 Å². The second-order valence-electron chi connectivity index (χ2n) is 8.16. The Balaban J connectivity index is 1.28. The molecular formula is C26H24N2O5. The van der Waals surface area contributed by atoms with Gasteiger partial charge < -0.3 is 24.1 Å². The maximum absolute atomic E-state index is 13.1. The highest BCUT2D eigenvalue weighted by Gasteiger charge is 2.23. The molecule has 168 valence electrons. The van der Waals surface area contributed by atoms with Crippen molar-refractivity contribution in [2.75, 3.05) is 6.79 Å². The molecule has 7 heteroatoms. The van der Waals surface area contributed by atoms with Crippen molar-refractivity contribution in [1.29, 1.82) is 0 Å². The van der Waals surface area contributed by atoms with Gasteiger partial charge >= 0.3 is 0 Å². The summed E-state index contributed by atoms with van der Waals surface area (Å²) in [5.41, 5.74) is 2.39. The first-order valence-corrected chi connectivity index (χ1v) is 10.9. The first-order valence-electron chi connectivity index (χ1n) is 10.9. The molecule has 0 unspecified atom stereocenters. The molecule has 5 rings (SSSR count). The molecule has 0 saturated heterocycles. The SMILES string of the molecule is O=C(NC1CC1)c1ccc(CN(Cc2ccco2)C(=O)/C=C/c2ccc3c(c2)OCO3)cc1. The summed E-state index contributed by atoms with van der Waals surface area (Å²) in [4.78, 5) is 27.0. The number of nitrogens with zero attached hydrogens (tertiary/aromatic N) is 1. The summed E-state index contributed by atoms with van der Waals surface area (Å²) >= 11 is 0. The van der Waals surface area contributed by atoms with Crippen molar-refractivity contribution in [1.82, 2.24) is 10.2 Å². The zero-order valence-electron chi connectivity index (χ0n) is 18.0. The summed E-state index contributed by atoms with van der Waals surface area (Å²) < 4.78 is 16.2. The molecule has 1 saturated carbocycles. The van der Waals surface area contributed by atoms with Gasteiger partial charge in [-0.25, -0.2) is 0 Å². The number of hydrogen-bond acceptors (Lipinski definition) is 5. The predicted molar refractivity (Wildman–Crippen MR) is 121 cm³/mol. The van der Waals surface area contributed by atoms with Crippen molar-refractivity contribution in [3.63, 3.8) is 0 Å². The van der Waals surface area contributed by atoms with E-state index in [1.807, 2.05) is 36.4 Å². The molecule has 2 heterocycles. The number of rotatable bonds is 8. The molecule has 0 bridgehead atoms. The van der Waals surface area contributed by atoms with E-state index in [4.69, 9.17) is 13.9 Å². The first-order chi connectivity index (χ1) is 16.1. The number of carbonyl (C=O) groups excluding carboxylic acids is 2. The topological polar surface area (TPSA) is 81.0 Å². The van der Waals surface area contributed by atoms with Crippen LogP contribution in [0.1, 0.15) is 40.1 Å². The number of benzene rings is 2. The van der Waals surface area contributed by atoms with Crippen LogP contribution in [0.15, 0.2) is 71.4 Å². The molecule has 0 atom stereocenters. The molecule has 2 amide bonds. The lowest BCUT2D eigenvalue weighted by Crippen LogP contribution is -2.28. The predicted octanol–water partition coefficient (Wildman–Crippen LogP) is 4.14. The largest absolute Gasteiger partial charge is 0.467 e. The van der Waals surface area contributed by atoms with E-state index in [9.17, 15) is 9.59 Å². The van der Waals surface area contributed by atoms with Gasteiger partial charge in [-0.05, 0) is 66.4 Å². The van der Waals surface area contributed by atoms with E-state index >= 15 is 0 Å². The quantitative estimate of drug-likeness (QED) is 0.528. The molecule has 1 aromatic heterocycles. The average Bonchev–Trinajstić information content (AvgIpc) is 3.29. The van der Waals surface area contributed by atoms with Crippen LogP contribution in [0.4, 0.5) is 0 Å². The average molecular weight is 444 g/mol. The van der Waals surface area contributed by atoms with E-state index in [-0.39, 0.29) is 18.6 Å². The van der Waals surface area contributed by atoms with Crippen LogP contribution in [0, 0.1) is 0 Å². The zero-order chi connectivity index (χ0) is 22.6. The van der Waals surface area contributed by atoms with Crippen molar-refractivity contribution in [3.8, 4) is 11.5 Å². The molecule has 0 spiro atoms. The molecule has 1 N–H and O–H groups in total. The van der Waals surface area contributed by atoms with Crippen LogP contribution in [0.3, 0.4) is 0 Å². The summed E-state index contributed by atoms with van der Waals surface area (Å²) in [6, 6.07) is 16.9. The van der Waals surface area contributed by atoms with Crippen molar-refractivity contribution in [3.05, 3.63) is 89.4 Å². The van der Waals surface area contributed by atoms with Gasteiger partial charge in [-0.15, -0.1) is 0 Å². The van der Waals surface area contributed by atoms with Gasteiger partial charge in [0.05, 0.1) is 12.8 Å². The maximum Gasteiger partial charge on any atom is 0.251 e. The Kier molecular flexibility index (Phi) is 5.85. The minimum atomic E-state index is -0.153. The highest BCUT2D eigenvalue weighted by Crippen LogP contribution is 2.32. The third-order valence-corrected chi connectivity index (χ3v) is 5.56. The van der Waals surface area contributed by atoms with E-state index in [0.29, 0.717) is 42.0 Å². The Bertz CT molecular complexity index is 1160. The Morgan fingerprint density at radius 2 is 1.82 bits per heavy atom. The van der Waals surface area contributed by atoms with E-state index in [0.717, 1.165) is 24.0 Å². The van der Waals surface area contributed by atoms with Gasteiger partial charge in [0.15, 0.2) is 11.5 Å². The Morgan fingerprint density at radius 3 is 2.58 bits per heavy atom. The van der Waals surface area contributed by atoms with Gasteiger partial charge in [0.25, 0.3) is 5.91 Å². The normalized spacial score (nSPS) is 14.4. The molecular weight excluding hydrogens is 420 g/mol. The number of ether oxygens (including phenoxy) is 2. The second kappa shape index (κ2) is 9.24. The molecule has 7 nitrogen and oxygen atoms in total. The fourth-order valence-corrected chi connectivity index (χ4v) is 3.57.